The molecule has 2 N–H and O–H groups in total. The number of methoxy groups -OCH3 is 1. The molecule has 2 aromatic carbocycles. The number of hydrogen-bond donors (Lipinski definition) is 2. The van der Waals surface area contributed by atoms with E-state index < -0.39 is 11.9 Å². The Morgan fingerprint density at radius 2 is 1.77 bits per heavy atom. The number of amides is 2. The minimum absolute atomic E-state index is 0.0838. The lowest BCUT2D eigenvalue weighted by Gasteiger charge is -2.08. The highest BCUT2D eigenvalue weighted by Gasteiger charge is 2.07. The molecule has 0 radical (unpaired) electrons. The van der Waals surface area contributed by atoms with E-state index in [1.807, 2.05) is 0 Å². The van der Waals surface area contributed by atoms with E-state index in [9.17, 15) is 14.4 Å². The molecular weight excluding hydrogens is 390 g/mol. The van der Waals surface area contributed by atoms with E-state index in [1.54, 1.807) is 49.4 Å². The summed E-state index contributed by atoms with van der Waals surface area (Å²) in [6, 6.07) is 11.5. The second-order valence-electron chi connectivity index (χ2n) is 6.01. The lowest BCUT2D eigenvalue weighted by atomic mass is 10.2. The second-order valence-corrected chi connectivity index (χ2v) is 6.01. The zero-order valence-corrected chi connectivity index (χ0v) is 16.9. The highest BCUT2D eigenvalue weighted by atomic mass is 16.6. The highest BCUT2D eigenvalue weighted by Crippen LogP contribution is 2.27. The molecule has 0 saturated carbocycles. The van der Waals surface area contributed by atoms with E-state index in [1.165, 1.54) is 20.2 Å². The predicted molar refractivity (Wildman–Crippen MR) is 111 cm³/mol. The number of carbonyl (C=O) groups is 3. The van der Waals surface area contributed by atoms with E-state index in [2.05, 4.69) is 15.8 Å². The molecule has 30 heavy (non-hydrogen) atoms. The van der Waals surface area contributed by atoms with Crippen LogP contribution in [-0.4, -0.2) is 37.7 Å². The van der Waals surface area contributed by atoms with Crippen molar-refractivity contribution in [2.45, 2.75) is 20.3 Å². The van der Waals surface area contributed by atoms with Gasteiger partial charge in [0.2, 0.25) is 5.91 Å². The largest absolute Gasteiger partial charge is 0.493 e. The predicted octanol–water partition coefficient (Wildman–Crippen LogP) is 2.50. The first-order valence-electron chi connectivity index (χ1n) is 9.12. The lowest BCUT2D eigenvalue weighted by Crippen LogP contribution is -2.24. The molecule has 0 unspecified atom stereocenters. The third kappa shape index (κ3) is 7.27. The van der Waals surface area contributed by atoms with Crippen LogP contribution in [0.5, 0.6) is 17.2 Å². The third-order valence-electron chi connectivity index (χ3n) is 3.67. The van der Waals surface area contributed by atoms with Gasteiger partial charge in [-0.3, -0.25) is 14.4 Å². The normalized spacial score (nSPS) is 10.4. The Morgan fingerprint density at radius 3 is 2.40 bits per heavy atom. The Bertz CT molecular complexity index is 925. The maximum Gasteiger partial charge on any atom is 0.308 e. The van der Waals surface area contributed by atoms with Crippen molar-refractivity contribution in [3.8, 4) is 17.2 Å². The number of nitrogens with one attached hydrogen (secondary N) is 2. The van der Waals surface area contributed by atoms with Crippen LogP contribution >= 0.6 is 0 Å². The van der Waals surface area contributed by atoms with Gasteiger partial charge in [0.15, 0.2) is 18.1 Å². The standard InChI is InChI=1S/C21H23N3O6/c1-4-20(26)23-16-6-8-17(9-7-16)29-13-21(27)24-22-12-15-5-10-18(30-14(2)25)19(11-15)28-3/h5-12H,4,13H2,1-3H3,(H,23,26)(H,24,27)/b22-12+. The van der Waals surface area contributed by atoms with Crippen LogP contribution < -0.4 is 25.0 Å². The number of benzene rings is 2. The molecule has 0 aliphatic rings. The monoisotopic (exact) mass is 413 g/mol. The summed E-state index contributed by atoms with van der Waals surface area (Å²) in [5, 5.41) is 6.58. The van der Waals surface area contributed by atoms with Gasteiger partial charge >= 0.3 is 5.97 Å². The first-order chi connectivity index (χ1) is 14.4. The Kier molecular flexibility index (Phi) is 8.37. The lowest BCUT2D eigenvalue weighted by molar-refractivity contribution is -0.132. The smallest absolute Gasteiger partial charge is 0.308 e. The molecule has 2 rings (SSSR count). The Balaban J connectivity index is 1.83. The summed E-state index contributed by atoms with van der Waals surface area (Å²) in [5.41, 5.74) is 3.64. The van der Waals surface area contributed by atoms with Crippen molar-refractivity contribution >= 4 is 29.7 Å². The van der Waals surface area contributed by atoms with Crippen LogP contribution in [0.4, 0.5) is 5.69 Å². The second kappa shape index (κ2) is 11.2. The van der Waals surface area contributed by atoms with E-state index in [0.29, 0.717) is 34.9 Å². The van der Waals surface area contributed by atoms with Crippen molar-refractivity contribution in [1.29, 1.82) is 0 Å². The molecule has 0 atom stereocenters. The number of hydrazone groups is 1. The molecule has 0 aliphatic carbocycles. The van der Waals surface area contributed by atoms with E-state index in [4.69, 9.17) is 14.2 Å². The summed E-state index contributed by atoms with van der Waals surface area (Å²) in [5.74, 6) is 0.150. The molecule has 9 nitrogen and oxygen atoms in total. The molecule has 158 valence electrons. The first-order valence-corrected chi connectivity index (χ1v) is 9.12. The van der Waals surface area contributed by atoms with Crippen LogP contribution in [0.25, 0.3) is 0 Å². The van der Waals surface area contributed by atoms with Crippen LogP contribution in [-0.2, 0) is 14.4 Å². The molecule has 0 heterocycles. The molecule has 2 aromatic rings. The topological polar surface area (TPSA) is 115 Å². The third-order valence-corrected chi connectivity index (χ3v) is 3.67. The zero-order valence-electron chi connectivity index (χ0n) is 16.9. The number of hydrogen-bond acceptors (Lipinski definition) is 7. The summed E-state index contributed by atoms with van der Waals surface area (Å²) >= 11 is 0. The van der Waals surface area contributed by atoms with Crippen molar-refractivity contribution in [2.75, 3.05) is 19.0 Å². The average molecular weight is 413 g/mol. The molecule has 0 spiro atoms. The van der Waals surface area contributed by atoms with Gasteiger partial charge in [-0.05, 0) is 48.0 Å². The quantitative estimate of drug-likeness (QED) is 0.282. The average Bonchev–Trinajstić information content (AvgIpc) is 2.73. The van der Waals surface area contributed by atoms with Crippen LogP contribution in [0, 0.1) is 0 Å². The zero-order chi connectivity index (χ0) is 21.9. The Hall–Kier alpha value is -3.88. The number of ether oxygens (including phenoxy) is 3. The van der Waals surface area contributed by atoms with Gasteiger partial charge in [-0.2, -0.15) is 5.10 Å². The molecule has 0 aliphatic heterocycles. The van der Waals surface area contributed by atoms with Crippen LogP contribution in [0.15, 0.2) is 47.6 Å². The fraction of sp³-hybridized carbons (Fsp3) is 0.238. The van der Waals surface area contributed by atoms with E-state index >= 15 is 0 Å². The van der Waals surface area contributed by atoms with E-state index in [-0.39, 0.29) is 12.5 Å². The van der Waals surface area contributed by atoms with Gasteiger partial charge in [0.1, 0.15) is 5.75 Å². The molecule has 9 heteroatoms. The molecule has 0 saturated heterocycles. The Labute approximate surface area is 174 Å². The fourth-order valence-electron chi connectivity index (χ4n) is 2.25. The molecule has 0 fully saturated rings. The van der Waals surface area contributed by atoms with Gasteiger partial charge in [0.05, 0.1) is 13.3 Å². The van der Waals surface area contributed by atoms with Crippen molar-refractivity contribution in [2.24, 2.45) is 5.10 Å². The van der Waals surface area contributed by atoms with Crippen LogP contribution in [0.2, 0.25) is 0 Å². The maximum absolute atomic E-state index is 11.9. The minimum atomic E-state index is -0.456. The van der Waals surface area contributed by atoms with Gasteiger partial charge in [0, 0.05) is 19.0 Å². The minimum Gasteiger partial charge on any atom is -0.493 e. The molecule has 0 aromatic heterocycles. The highest BCUT2D eigenvalue weighted by molar-refractivity contribution is 5.90. The van der Waals surface area contributed by atoms with Crippen molar-refractivity contribution < 1.29 is 28.6 Å². The number of carbonyl (C=O) groups excluding carboxylic acids is 3. The maximum atomic E-state index is 11.9. The van der Waals surface area contributed by atoms with Gasteiger partial charge in [-0.15, -0.1) is 0 Å². The van der Waals surface area contributed by atoms with Crippen LogP contribution in [0.1, 0.15) is 25.8 Å². The number of esters is 1. The Morgan fingerprint density at radius 1 is 1.03 bits per heavy atom. The fourth-order valence-corrected chi connectivity index (χ4v) is 2.25. The number of rotatable bonds is 9. The molecule has 2 amide bonds. The van der Waals surface area contributed by atoms with E-state index in [0.717, 1.165) is 0 Å². The van der Waals surface area contributed by atoms with Gasteiger partial charge in [0.25, 0.3) is 5.91 Å². The molecule has 0 bridgehead atoms. The first kappa shape index (κ1) is 22.4. The summed E-state index contributed by atoms with van der Waals surface area (Å²) in [7, 11) is 1.45. The molecular formula is C21H23N3O6. The van der Waals surface area contributed by atoms with Crippen molar-refractivity contribution in [3.63, 3.8) is 0 Å². The summed E-state index contributed by atoms with van der Waals surface area (Å²) < 4.78 is 15.6. The summed E-state index contributed by atoms with van der Waals surface area (Å²) in [6.07, 6.45) is 1.81. The van der Waals surface area contributed by atoms with Crippen molar-refractivity contribution in [3.05, 3.63) is 48.0 Å². The van der Waals surface area contributed by atoms with Gasteiger partial charge < -0.3 is 19.5 Å². The number of nitrogens with zero attached hydrogens (tertiary/aromatic N) is 1. The number of anilines is 1. The van der Waals surface area contributed by atoms with Gasteiger partial charge in [-0.1, -0.05) is 6.92 Å². The summed E-state index contributed by atoms with van der Waals surface area (Å²) in [6.45, 7) is 2.83. The van der Waals surface area contributed by atoms with Gasteiger partial charge in [-0.25, -0.2) is 5.43 Å². The van der Waals surface area contributed by atoms with Crippen molar-refractivity contribution in [1.82, 2.24) is 5.43 Å². The van der Waals surface area contributed by atoms with Crippen LogP contribution in [0.3, 0.4) is 0 Å². The SMILES string of the molecule is CCC(=O)Nc1ccc(OCC(=O)N/N=C/c2ccc(OC(C)=O)c(OC)c2)cc1. The summed E-state index contributed by atoms with van der Waals surface area (Å²) in [4.78, 5) is 34.3.